The number of hydrogen-bond donors (Lipinski definition) is 2. The predicted molar refractivity (Wildman–Crippen MR) is 177 cm³/mol. The molecule has 0 aliphatic heterocycles. The summed E-state index contributed by atoms with van der Waals surface area (Å²) in [5.41, 5.74) is 0.764. The Morgan fingerprint density at radius 3 is 2.16 bits per heavy atom. The number of amides is 2. The molecular formula is C35H29F3N4O8S. The van der Waals surface area contributed by atoms with Crippen molar-refractivity contribution in [2.75, 3.05) is 25.2 Å². The smallest absolute Gasteiger partial charge is 0.416 e. The number of rotatable bonds is 12. The molecule has 16 heteroatoms. The van der Waals surface area contributed by atoms with Crippen LogP contribution in [-0.2, 0) is 38.6 Å². The summed E-state index contributed by atoms with van der Waals surface area (Å²) in [5.74, 6) is -2.16. The maximum Gasteiger partial charge on any atom is 0.416 e. The quantitative estimate of drug-likeness (QED) is 0.162. The Kier molecular flexibility index (Phi) is 10.5. The zero-order chi connectivity index (χ0) is 36.9. The van der Waals surface area contributed by atoms with Crippen LogP contribution >= 0.6 is 0 Å². The molecule has 0 atom stereocenters. The Morgan fingerprint density at radius 2 is 1.57 bits per heavy atom. The number of sulfone groups is 1. The van der Waals surface area contributed by atoms with Crippen LogP contribution < -0.4 is 10.1 Å². The number of methoxy groups -OCH3 is 1. The Bertz CT molecular complexity index is 2170. The molecule has 0 fully saturated rings. The minimum Gasteiger partial charge on any atom is -0.497 e. The van der Waals surface area contributed by atoms with Crippen molar-refractivity contribution >= 4 is 33.3 Å². The monoisotopic (exact) mass is 722 g/mol. The highest BCUT2D eigenvalue weighted by Gasteiger charge is 2.34. The van der Waals surface area contributed by atoms with Crippen molar-refractivity contribution in [3.63, 3.8) is 0 Å². The summed E-state index contributed by atoms with van der Waals surface area (Å²) >= 11 is 0. The fourth-order valence-electron chi connectivity index (χ4n) is 5.00. The summed E-state index contributed by atoms with van der Waals surface area (Å²) in [4.78, 5) is 43.2. The topological polar surface area (TPSA) is 169 Å². The zero-order valence-electron chi connectivity index (χ0n) is 27.0. The van der Waals surface area contributed by atoms with Crippen molar-refractivity contribution in [3.05, 3.63) is 113 Å². The van der Waals surface area contributed by atoms with E-state index in [0.29, 0.717) is 16.7 Å². The summed E-state index contributed by atoms with van der Waals surface area (Å²) in [6.45, 7) is -0.692. The Hall–Kier alpha value is -6.03. The van der Waals surface area contributed by atoms with E-state index in [-0.39, 0.29) is 45.7 Å². The number of benzene rings is 4. The van der Waals surface area contributed by atoms with E-state index in [2.05, 4.69) is 15.5 Å². The molecule has 0 aliphatic rings. The fourth-order valence-corrected chi connectivity index (χ4v) is 5.63. The van der Waals surface area contributed by atoms with E-state index < -0.39 is 52.3 Å². The van der Waals surface area contributed by atoms with Gasteiger partial charge < -0.3 is 24.6 Å². The molecule has 0 spiro atoms. The predicted octanol–water partition coefficient (Wildman–Crippen LogP) is 5.74. The molecule has 0 unspecified atom stereocenters. The van der Waals surface area contributed by atoms with Gasteiger partial charge >= 0.3 is 12.1 Å². The van der Waals surface area contributed by atoms with Crippen molar-refractivity contribution in [3.8, 4) is 28.6 Å². The first-order valence-corrected chi connectivity index (χ1v) is 16.9. The average Bonchev–Trinajstić information content (AvgIpc) is 3.58. The molecule has 4 aromatic carbocycles. The molecule has 2 amide bonds. The van der Waals surface area contributed by atoms with Gasteiger partial charge in [-0.3, -0.25) is 14.4 Å². The molecule has 0 saturated heterocycles. The first-order valence-electron chi connectivity index (χ1n) is 15.0. The minimum atomic E-state index is -4.70. The summed E-state index contributed by atoms with van der Waals surface area (Å²) in [5, 5.41) is 15.9. The van der Waals surface area contributed by atoms with Gasteiger partial charge in [-0.15, -0.1) is 0 Å². The van der Waals surface area contributed by atoms with Crippen LogP contribution in [0.5, 0.6) is 5.75 Å². The molecule has 264 valence electrons. The van der Waals surface area contributed by atoms with E-state index in [4.69, 9.17) is 9.26 Å². The van der Waals surface area contributed by atoms with Gasteiger partial charge in [-0.05, 0) is 83.9 Å². The average molecular weight is 723 g/mol. The number of carboxylic acids is 1. The van der Waals surface area contributed by atoms with Gasteiger partial charge in [-0.2, -0.15) is 18.2 Å². The number of aromatic nitrogens is 2. The van der Waals surface area contributed by atoms with E-state index in [1.165, 1.54) is 55.6 Å². The van der Waals surface area contributed by atoms with Crippen LogP contribution in [0, 0.1) is 0 Å². The van der Waals surface area contributed by atoms with Gasteiger partial charge in [-0.25, -0.2) is 8.42 Å². The maximum atomic E-state index is 13.5. The highest BCUT2D eigenvalue weighted by Crippen LogP contribution is 2.35. The Balaban J connectivity index is 1.23. The second-order valence-corrected chi connectivity index (χ2v) is 13.3. The number of anilines is 1. The highest BCUT2D eigenvalue weighted by atomic mass is 32.2. The lowest BCUT2D eigenvalue weighted by Gasteiger charge is -2.21. The lowest BCUT2D eigenvalue weighted by Crippen LogP contribution is -2.35. The summed E-state index contributed by atoms with van der Waals surface area (Å²) in [6.07, 6.45) is -4.17. The van der Waals surface area contributed by atoms with E-state index in [0.717, 1.165) is 17.2 Å². The number of nitrogens with one attached hydrogen (secondary N) is 1. The van der Waals surface area contributed by atoms with E-state index in [1.54, 1.807) is 36.4 Å². The number of nitrogens with zero attached hydrogens (tertiary/aromatic N) is 3. The van der Waals surface area contributed by atoms with Crippen LogP contribution in [-0.4, -0.2) is 66.3 Å². The van der Waals surface area contributed by atoms with Crippen molar-refractivity contribution in [2.24, 2.45) is 0 Å². The SMILES string of the molecule is COc1ccc(CC(=O)Nc2ccc(C(=O)N(CC(=O)O)Cc3ccc(-c4nc(-c5ccc(S(C)(=O)=O)cc5)no4)cc3)cc2)c(C(F)(F)F)c1. The molecule has 0 radical (unpaired) electrons. The van der Waals surface area contributed by atoms with Crippen molar-refractivity contribution in [1.82, 2.24) is 15.0 Å². The molecule has 5 rings (SSSR count). The summed E-state index contributed by atoms with van der Waals surface area (Å²) in [7, 11) is -2.13. The lowest BCUT2D eigenvalue weighted by atomic mass is 10.0. The number of aliphatic carboxylic acids is 1. The number of ether oxygens (including phenoxy) is 1. The third-order valence-electron chi connectivity index (χ3n) is 7.54. The van der Waals surface area contributed by atoms with E-state index in [1.807, 2.05) is 0 Å². The van der Waals surface area contributed by atoms with Crippen molar-refractivity contribution < 1.29 is 50.3 Å². The number of alkyl halides is 3. The zero-order valence-corrected chi connectivity index (χ0v) is 27.8. The number of carbonyl (C=O) groups is 3. The number of hydrogen-bond acceptors (Lipinski definition) is 9. The van der Waals surface area contributed by atoms with E-state index in [9.17, 15) is 41.1 Å². The van der Waals surface area contributed by atoms with Gasteiger partial charge in [0.25, 0.3) is 11.8 Å². The van der Waals surface area contributed by atoms with Gasteiger partial charge in [0.2, 0.25) is 11.7 Å². The van der Waals surface area contributed by atoms with Crippen LogP contribution in [0.25, 0.3) is 22.8 Å². The Labute approximate surface area is 289 Å². The minimum absolute atomic E-state index is 0.00229. The van der Waals surface area contributed by atoms with Gasteiger partial charge in [-0.1, -0.05) is 23.4 Å². The molecule has 0 bridgehead atoms. The third-order valence-corrected chi connectivity index (χ3v) is 8.67. The normalized spacial score (nSPS) is 11.5. The van der Waals surface area contributed by atoms with Crippen LogP contribution in [0.1, 0.15) is 27.0 Å². The van der Waals surface area contributed by atoms with E-state index >= 15 is 0 Å². The Morgan fingerprint density at radius 1 is 0.922 bits per heavy atom. The summed E-state index contributed by atoms with van der Waals surface area (Å²) in [6, 6.07) is 21.5. The van der Waals surface area contributed by atoms with Crippen molar-refractivity contribution in [1.29, 1.82) is 0 Å². The molecule has 1 aromatic heterocycles. The molecule has 0 saturated carbocycles. The van der Waals surface area contributed by atoms with Crippen LogP contribution in [0.15, 0.2) is 100 Å². The summed E-state index contributed by atoms with van der Waals surface area (Å²) < 4.78 is 74.3. The molecule has 5 aromatic rings. The molecular weight excluding hydrogens is 693 g/mol. The fraction of sp³-hybridized carbons (Fsp3) is 0.171. The van der Waals surface area contributed by atoms with Gasteiger partial charge in [0.15, 0.2) is 9.84 Å². The van der Waals surface area contributed by atoms with Crippen LogP contribution in [0.4, 0.5) is 18.9 Å². The molecule has 0 aliphatic carbocycles. The lowest BCUT2D eigenvalue weighted by molar-refractivity contribution is -0.139. The van der Waals surface area contributed by atoms with Gasteiger partial charge in [0, 0.05) is 35.2 Å². The first-order chi connectivity index (χ1) is 24.1. The largest absolute Gasteiger partial charge is 0.497 e. The standard InChI is InChI=1S/C35H29F3N4O8S/c1-49-27-14-9-25(29(18-27)35(36,37)38)17-30(43)39-26-12-7-24(8-13-26)34(46)42(20-31(44)45)19-21-3-5-23(6-4-21)33-40-32(41-50-33)22-10-15-28(16-11-22)51(2,47)48/h3-16,18H,17,19-20H2,1-2H3,(H,39,43)(H,44,45). The molecule has 12 nitrogen and oxygen atoms in total. The van der Waals surface area contributed by atoms with Gasteiger partial charge in [0.1, 0.15) is 12.3 Å². The van der Waals surface area contributed by atoms with Crippen LogP contribution in [0.3, 0.4) is 0 Å². The molecule has 1 heterocycles. The third kappa shape index (κ3) is 9.16. The number of carboxylic acid groups (broad SMARTS) is 1. The molecule has 51 heavy (non-hydrogen) atoms. The number of halogens is 3. The van der Waals surface area contributed by atoms with Gasteiger partial charge in [0.05, 0.1) is 24.0 Å². The number of carbonyl (C=O) groups excluding carboxylic acids is 2. The molecule has 2 N–H and O–H groups in total. The maximum absolute atomic E-state index is 13.5. The highest BCUT2D eigenvalue weighted by molar-refractivity contribution is 7.90. The second kappa shape index (κ2) is 14.8. The second-order valence-electron chi connectivity index (χ2n) is 11.3. The first kappa shape index (κ1) is 36.3. The van der Waals surface area contributed by atoms with Crippen LogP contribution in [0.2, 0.25) is 0 Å². The van der Waals surface area contributed by atoms with Crippen molar-refractivity contribution in [2.45, 2.75) is 24.0 Å².